The Labute approximate surface area is 121 Å². The summed E-state index contributed by atoms with van der Waals surface area (Å²) in [5.74, 6) is -0.851. The summed E-state index contributed by atoms with van der Waals surface area (Å²) in [6, 6.07) is 3.59. The summed E-state index contributed by atoms with van der Waals surface area (Å²) in [7, 11) is 1.25. The molecular weight excluding hydrogens is 332 g/mol. The number of thiazole rings is 1. The SMILES string of the molecule is COC(=O)c1nc(-c2ncccc2Br)sc1C(C)=O. The van der Waals surface area contributed by atoms with Crippen molar-refractivity contribution in [2.24, 2.45) is 0 Å². The molecule has 0 aromatic carbocycles. The second-order valence-corrected chi connectivity index (χ2v) is 5.43. The van der Waals surface area contributed by atoms with Gasteiger partial charge in [-0.2, -0.15) is 0 Å². The second kappa shape index (κ2) is 5.58. The number of esters is 1. The van der Waals surface area contributed by atoms with Gasteiger partial charge in [-0.1, -0.05) is 0 Å². The van der Waals surface area contributed by atoms with Crippen molar-refractivity contribution in [3.63, 3.8) is 0 Å². The Morgan fingerprint density at radius 2 is 2.16 bits per heavy atom. The number of hydrogen-bond donors (Lipinski definition) is 0. The van der Waals surface area contributed by atoms with Gasteiger partial charge in [0.05, 0.1) is 7.11 Å². The molecule has 7 heteroatoms. The zero-order chi connectivity index (χ0) is 14.0. The smallest absolute Gasteiger partial charge is 0.358 e. The Hall–Kier alpha value is -1.60. The van der Waals surface area contributed by atoms with Crippen LogP contribution in [0.3, 0.4) is 0 Å². The van der Waals surface area contributed by atoms with Gasteiger partial charge in [-0.15, -0.1) is 11.3 Å². The van der Waals surface area contributed by atoms with Gasteiger partial charge >= 0.3 is 5.97 Å². The number of Topliss-reactive ketones (excluding diaryl/α,β-unsaturated/α-hetero) is 1. The zero-order valence-electron chi connectivity index (χ0n) is 10.1. The molecule has 0 atom stereocenters. The molecule has 0 aliphatic carbocycles. The third-order valence-electron chi connectivity index (χ3n) is 2.29. The van der Waals surface area contributed by atoms with E-state index in [1.807, 2.05) is 6.07 Å². The van der Waals surface area contributed by atoms with Crippen molar-refractivity contribution in [1.29, 1.82) is 0 Å². The quantitative estimate of drug-likeness (QED) is 0.634. The summed E-state index contributed by atoms with van der Waals surface area (Å²) < 4.78 is 5.37. The number of ketones is 1. The summed E-state index contributed by atoms with van der Waals surface area (Å²) in [6.07, 6.45) is 1.62. The van der Waals surface area contributed by atoms with Crippen molar-refractivity contribution in [2.75, 3.05) is 7.11 Å². The van der Waals surface area contributed by atoms with Crippen LogP contribution in [0.4, 0.5) is 0 Å². The lowest BCUT2D eigenvalue weighted by Crippen LogP contribution is -2.06. The van der Waals surface area contributed by atoms with Crippen molar-refractivity contribution >= 4 is 39.0 Å². The zero-order valence-corrected chi connectivity index (χ0v) is 12.5. The van der Waals surface area contributed by atoms with Crippen LogP contribution in [0.5, 0.6) is 0 Å². The number of aromatic nitrogens is 2. The number of hydrogen-bond acceptors (Lipinski definition) is 6. The highest BCUT2D eigenvalue weighted by Crippen LogP contribution is 2.31. The lowest BCUT2D eigenvalue weighted by Gasteiger charge is -1.97. The highest BCUT2D eigenvalue weighted by molar-refractivity contribution is 9.10. The first kappa shape index (κ1) is 13.8. The predicted molar refractivity (Wildman–Crippen MR) is 74.4 cm³/mol. The molecule has 0 saturated carbocycles. The molecule has 0 amide bonds. The first-order valence-electron chi connectivity index (χ1n) is 5.25. The van der Waals surface area contributed by atoms with E-state index in [2.05, 4.69) is 30.6 Å². The summed E-state index contributed by atoms with van der Waals surface area (Å²) in [6.45, 7) is 1.39. The number of nitrogens with zero attached hydrogens (tertiary/aromatic N) is 2. The van der Waals surface area contributed by atoms with Gasteiger partial charge in [0.1, 0.15) is 15.6 Å². The molecule has 2 aromatic heterocycles. The van der Waals surface area contributed by atoms with Crippen LogP contribution in [0.15, 0.2) is 22.8 Å². The third kappa shape index (κ3) is 2.71. The predicted octanol–water partition coefficient (Wildman–Crippen LogP) is 2.96. The average Bonchev–Trinajstić information content (AvgIpc) is 2.83. The van der Waals surface area contributed by atoms with Crippen LogP contribution in [0.2, 0.25) is 0 Å². The van der Waals surface area contributed by atoms with E-state index in [0.29, 0.717) is 10.7 Å². The van der Waals surface area contributed by atoms with Gasteiger partial charge in [-0.05, 0) is 28.1 Å². The van der Waals surface area contributed by atoms with E-state index in [4.69, 9.17) is 0 Å². The van der Waals surface area contributed by atoms with Crippen molar-refractivity contribution < 1.29 is 14.3 Å². The first-order chi connectivity index (χ1) is 9.04. The van der Waals surface area contributed by atoms with Crippen molar-refractivity contribution in [3.8, 4) is 10.7 Å². The Balaban J connectivity index is 2.58. The van der Waals surface area contributed by atoms with Crippen LogP contribution >= 0.6 is 27.3 Å². The van der Waals surface area contributed by atoms with Gasteiger partial charge in [0.15, 0.2) is 11.5 Å². The van der Waals surface area contributed by atoms with E-state index in [9.17, 15) is 9.59 Å². The number of rotatable bonds is 3. The van der Waals surface area contributed by atoms with E-state index in [1.165, 1.54) is 14.0 Å². The van der Waals surface area contributed by atoms with Gasteiger partial charge in [0, 0.05) is 17.6 Å². The maximum absolute atomic E-state index is 11.6. The fourth-order valence-electron chi connectivity index (χ4n) is 1.44. The summed E-state index contributed by atoms with van der Waals surface area (Å²) >= 11 is 4.49. The maximum atomic E-state index is 11.6. The summed E-state index contributed by atoms with van der Waals surface area (Å²) in [5, 5.41) is 0.498. The number of ether oxygens (including phenoxy) is 1. The van der Waals surface area contributed by atoms with Crippen molar-refractivity contribution in [1.82, 2.24) is 9.97 Å². The van der Waals surface area contributed by atoms with Crippen molar-refractivity contribution in [3.05, 3.63) is 33.4 Å². The van der Waals surface area contributed by atoms with E-state index >= 15 is 0 Å². The van der Waals surface area contributed by atoms with E-state index < -0.39 is 5.97 Å². The molecule has 0 saturated heterocycles. The number of carbonyl (C=O) groups excluding carboxylic acids is 2. The standard InChI is InChI=1S/C12H9BrN2O3S/c1-6(16)10-9(12(17)18-2)15-11(19-10)8-7(13)4-3-5-14-8/h3-5H,1-2H3. The molecule has 0 N–H and O–H groups in total. The maximum Gasteiger partial charge on any atom is 0.358 e. The van der Waals surface area contributed by atoms with Gasteiger partial charge in [0.2, 0.25) is 0 Å². The van der Waals surface area contributed by atoms with Crippen LogP contribution in [0, 0.1) is 0 Å². The van der Waals surface area contributed by atoms with E-state index in [1.54, 1.807) is 12.3 Å². The number of pyridine rings is 1. The minimum Gasteiger partial charge on any atom is -0.464 e. The van der Waals surface area contributed by atoms with E-state index in [0.717, 1.165) is 15.8 Å². The average molecular weight is 341 g/mol. The molecule has 0 aliphatic heterocycles. The molecule has 98 valence electrons. The Morgan fingerprint density at radius 3 is 2.74 bits per heavy atom. The molecule has 0 aliphatic rings. The normalized spacial score (nSPS) is 10.3. The molecule has 2 heterocycles. The highest BCUT2D eigenvalue weighted by Gasteiger charge is 2.23. The molecule has 2 rings (SSSR count). The highest BCUT2D eigenvalue weighted by atomic mass is 79.9. The fourth-order valence-corrected chi connectivity index (χ4v) is 2.97. The lowest BCUT2D eigenvalue weighted by atomic mass is 10.3. The minimum atomic E-state index is -0.625. The number of carbonyl (C=O) groups is 2. The molecule has 2 aromatic rings. The Morgan fingerprint density at radius 1 is 1.42 bits per heavy atom. The van der Waals surface area contributed by atoms with Gasteiger partial charge in [-0.25, -0.2) is 9.78 Å². The number of methoxy groups -OCH3 is 1. The number of halogens is 1. The fraction of sp³-hybridized carbons (Fsp3) is 0.167. The van der Waals surface area contributed by atoms with Crippen LogP contribution in [-0.4, -0.2) is 28.8 Å². The summed E-state index contributed by atoms with van der Waals surface area (Å²) in [4.78, 5) is 31.8. The molecule has 0 bridgehead atoms. The largest absolute Gasteiger partial charge is 0.464 e. The van der Waals surface area contributed by atoms with Crippen LogP contribution in [0.25, 0.3) is 10.7 Å². The second-order valence-electron chi connectivity index (χ2n) is 3.58. The molecule has 0 spiro atoms. The van der Waals surface area contributed by atoms with Crippen LogP contribution < -0.4 is 0 Å². The first-order valence-corrected chi connectivity index (χ1v) is 6.86. The molecule has 0 fully saturated rings. The monoisotopic (exact) mass is 340 g/mol. The van der Waals surface area contributed by atoms with Crippen LogP contribution in [-0.2, 0) is 4.74 Å². The van der Waals surface area contributed by atoms with Gasteiger partial charge in [0.25, 0.3) is 0 Å². The molecule has 0 unspecified atom stereocenters. The van der Waals surface area contributed by atoms with Gasteiger partial charge in [-0.3, -0.25) is 9.78 Å². The van der Waals surface area contributed by atoms with E-state index in [-0.39, 0.29) is 16.4 Å². The molecular formula is C12H9BrN2O3S. The molecule has 19 heavy (non-hydrogen) atoms. The van der Waals surface area contributed by atoms with Gasteiger partial charge < -0.3 is 4.74 Å². The lowest BCUT2D eigenvalue weighted by molar-refractivity contribution is 0.0591. The Bertz CT molecular complexity index is 654. The molecule has 0 radical (unpaired) electrons. The molecule has 5 nitrogen and oxygen atoms in total. The minimum absolute atomic E-state index is 0.0348. The van der Waals surface area contributed by atoms with Crippen LogP contribution in [0.1, 0.15) is 27.1 Å². The topological polar surface area (TPSA) is 69.2 Å². The third-order valence-corrected chi connectivity index (χ3v) is 4.09. The Kier molecular flexibility index (Phi) is 4.06. The van der Waals surface area contributed by atoms with Crippen molar-refractivity contribution in [2.45, 2.75) is 6.92 Å². The summed E-state index contributed by atoms with van der Waals surface area (Å²) in [5.41, 5.74) is 0.623.